The second-order valence-electron chi connectivity index (χ2n) is 4.49. The first-order valence-electron chi connectivity index (χ1n) is 5.55. The monoisotopic (exact) mass is 266 g/mol. The molecule has 3 heteroatoms. The summed E-state index contributed by atoms with van der Waals surface area (Å²) in [5.41, 5.74) is 8.72. The number of benzene rings is 1. The van der Waals surface area contributed by atoms with Gasteiger partial charge in [0, 0.05) is 22.7 Å². The molecule has 0 aromatic heterocycles. The van der Waals surface area contributed by atoms with Gasteiger partial charge in [-0.3, -0.25) is 0 Å². The molecule has 0 amide bonds. The fourth-order valence-corrected chi connectivity index (χ4v) is 3.51. The molecule has 2 aliphatic heterocycles. The number of anilines is 1. The number of hydrogen-bond donors (Lipinski definition) is 1. The van der Waals surface area contributed by atoms with Gasteiger partial charge in [0.25, 0.3) is 0 Å². The minimum Gasteiger partial charge on any atom is -0.368 e. The number of fused-ring (bicyclic) bond motifs is 3. The van der Waals surface area contributed by atoms with E-state index in [2.05, 4.69) is 39.0 Å². The molecule has 1 saturated heterocycles. The van der Waals surface area contributed by atoms with E-state index >= 15 is 0 Å². The van der Waals surface area contributed by atoms with Gasteiger partial charge in [-0.05, 0) is 43.0 Å². The van der Waals surface area contributed by atoms with Gasteiger partial charge in [-0.1, -0.05) is 22.0 Å². The quantitative estimate of drug-likeness (QED) is 0.844. The Hall–Kier alpha value is -0.540. The second kappa shape index (κ2) is 3.49. The molecule has 2 atom stereocenters. The Balaban J connectivity index is 2.01. The van der Waals surface area contributed by atoms with Gasteiger partial charge in [0.1, 0.15) is 0 Å². The summed E-state index contributed by atoms with van der Waals surface area (Å²) in [6.07, 6.45) is 2.42. The molecular formula is C12H15BrN2. The SMILES string of the molecule is NCC1CCN2c3cccc(Br)c3CC12. The van der Waals surface area contributed by atoms with Crippen molar-refractivity contribution < 1.29 is 0 Å². The lowest BCUT2D eigenvalue weighted by atomic mass is 9.97. The first-order valence-corrected chi connectivity index (χ1v) is 6.34. The topological polar surface area (TPSA) is 29.3 Å². The van der Waals surface area contributed by atoms with Crippen LogP contribution in [0.15, 0.2) is 22.7 Å². The third-order valence-electron chi connectivity index (χ3n) is 3.80. The van der Waals surface area contributed by atoms with Crippen LogP contribution in [-0.2, 0) is 6.42 Å². The minimum absolute atomic E-state index is 0.656. The molecule has 2 N–H and O–H groups in total. The van der Waals surface area contributed by atoms with Gasteiger partial charge in [-0.15, -0.1) is 0 Å². The lowest BCUT2D eigenvalue weighted by Gasteiger charge is -2.21. The molecule has 1 aromatic rings. The summed E-state index contributed by atoms with van der Waals surface area (Å²) in [6, 6.07) is 7.15. The van der Waals surface area contributed by atoms with Crippen LogP contribution < -0.4 is 10.6 Å². The maximum Gasteiger partial charge on any atom is 0.0413 e. The summed E-state index contributed by atoms with van der Waals surface area (Å²) in [5.74, 6) is 0.685. The van der Waals surface area contributed by atoms with Gasteiger partial charge in [-0.2, -0.15) is 0 Å². The van der Waals surface area contributed by atoms with Crippen molar-refractivity contribution in [2.75, 3.05) is 18.0 Å². The second-order valence-corrected chi connectivity index (χ2v) is 5.34. The molecule has 1 aromatic carbocycles. The lowest BCUT2D eigenvalue weighted by molar-refractivity contribution is 0.490. The number of rotatable bonds is 1. The van der Waals surface area contributed by atoms with E-state index in [4.69, 9.17) is 5.73 Å². The first-order chi connectivity index (χ1) is 7.31. The number of nitrogens with two attached hydrogens (primary N) is 1. The van der Waals surface area contributed by atoms with Crippen LogP contribution in [-0.4, -0.2) is 19.1 Å². The molecule has 0 aliphatic carbocycles. The predicted molar refractivity (Wildman–Crippen MR) is 66.1 cm³/mol. The fraction of sp³-hybridized carbons (Fsp3) is 0.500. The van der Waals surface area contributed by atoms with Crippen molar-refractivity contribution >= 4 is 21.6 Å². The molecule has 2 unspecified atom stereocenters. The third-order valence-corrected chi connectivity index (χ3v) is 4.55. The zero-order chi connectivity index (χ0) is 10.4. The van der Waals surface area contributed by atoms with Gasteiger partial charge >= 0.3 is 0 Å². The summed E-state index contributed by atoms with van der Waals surface area (Å²) in [7, 11) is 0. The zero-order valence-corrected chi connectivity index (χ0v) is 10.2. The number of halogens is 1. The molecule has 2 aliphatic rings. The van der Waals surface area contributed by atoms with Crippen molar-refractivity contribution in [3.8, 4) is 0 Å². The molecule has 2 nitrogen and oxygen atoms in total. The average molecular weight is 267 g/mol. The van der Waals surface area contributed by atoms with E-state index in [1.54, 1.807) is 0 Å². The molecule has 0 saturated carbocycles. The third kappa shape index (κ3) is 1.33. The van der Waals surface area contributed by atoms with Crippen LogP contribution in [0.4, 0.5) is 5.69 Å². The van der Waals surface area contributed by atoms with Gasteiger partial charge < -0.3 is 10.6 Å². The molecule has 15 heavy (non-hydrogen) atoms. The Morgan fingerprint density at radius 2 is 2.33 bits per heavy atom. The van der Waals surface area contributed by atoms with Crippen molar-refractivity contribution in [3.05, 3.63) is 28.2 Å². The molecular weight excluding hydrogens is 252 g/mol. The van der Waals surface area contributed by atoms with Crippen molar-refractivity contribution in [2.45, 2.75) is 18.9 Å². The van der Waals surface area contributed by atoms with Crippen LogP contribution in [0.1, 0.15) is 12.0 Å². The Kier molecular flexibility index (Phi) is 2.25. The van der Waals surface area contributed by atoms with E-state index in [0.29, 0.717) is 12.0 Å². The molecule has 80 valence electrons. The van der Waals surface area contributed by atoms with E-state index in [0.717, 1.165) is 6.54 Å². The predicted octanol–water partition coefficient (Wildman–Crippen LogP) is 2.16. The normalized spacial score (nSPS) is 28.0. The first kappa shape index (κ1) is 9.67. The van der Waals surface area contributed by atoms with Crippen LogP contribution in [0.3, 0.4) is 0 Å². The van der Waals surface area contributed by atoms with Crippen molar-refractivity contribution in [3.63, 3.8) is 0 Å². The molecule has 0 bridgehead atoms. The number of hydrogen-bond acceptors (Lipinski definition) is 2. The fourth-order valence-electron chi connectivity index (χ4n) is 3.00. The summed E-state index contributed by atoms with van der Waals surface area (Å²) in [4.78, 5) is 2.54. The largest absolute Gasteiger partial charge is 0.368 e. The molecule has 0 spiro atoms. The van der Waals surface area contributed by atoms with Crippen LogP contribution in [0, 0.1) is 5.92 Å². The van der Waals surface area contributed by atoms with Gasteiger partial charge in [0.15, 0.2) is 0 Å². The highest BCUT2D eigenvalue weighted by Crippen LogP contribution is 2.42. The van der Waals surface area contributed by atoms with E-state index < -0.39 is 0 Å². The van der Waals surface area contributed by atoms with Gasteiger partial charge in [0.05, 0.1) is 0 Å². The van der Waals surface area contributed by atoms with Crippen molar-refractivity contribution in [1.82, 2.24) is 0 Å². The maximum atomic E-state index is 5.82. The van der Waals surface area contributed by atoms with Crippen molar-refractivity contribution in [1.29, 1.82) is 0 Å². The van der Waals surface area contributed by atoms with Gasteiger partial charge in [-0.25, -0.2) is 0 Å². The average Bonchev–Trinajstić information content (AvgIpc) is 2.77. The van der Waals surface area contributed by atoms with E-state index in [9.17, 15) is 0 Å². The van der Waals surface area contributed by atoms with Crippen LogP contribution in [0.5, 0.6) is 0 Å². The maximum absolute atomic E-state index is 5.82. The number of nitrogens with zero attached hydrogens (tertiary/aromatic N) is 1. The Bertz CT molecular complexity index is 391. The summed E-state index contributed by atoms with van der Waals surface area (Å²) < 4.78 is 1.25. The van der Waals surface area contributed by atoms with Crippen LogP contribution in [0.2, 0.25) is 0 Å². The summed E-state index contributed by atoms with van der Waals surface area (Å²) in [6.45, 7) is 2.00. The highest BCUT2D eigenvalue weighted by Gasteiger charge is 2.39. The summed E-state index contributed by atoms with van der Waals surface area (Å²) in [5, 5.41) is 0. The smallest absolute Gasteiger partial charge is 0.0413 e. The molecule has 0 radical (unpaired) electrons. The van der Waals surface area contributed by atoms with E-state index in [1.165, 1.54) is 35.1 Å². The molecule has 2 heterocycles. The van der Waals surface area contributed by atoms with E-state index in [-0.39, 0.29) is 0 Å². The van der Waals surface area contributed by atoms with Crippen molar-refractivity contribution in [2.24, 2.45) is 11.7 Å². The highest BCUT2D eigenvalue weighted by atomic mass is 79.9. The zero-order valence-electron chi connectivity index (χ0n) is 8.62. The van der Waals surface area contributed by atoms with Crippen LogP contribution >= 0.6 is 15.9 Å². The van der Waals surface area contributed by atoms with Crippen LogP contribution in [0.25, 0.3) is 0 Å². The van der Waals surface area contributed by atoms with Gasteiger partial charge in [0.2, 0.25) is 0 Å². The minimum atomic E-state index is 0.656. The lowest BCUT2D eigenvalue weighted by Crippen LogP contribution is -2.32. The Morgan fingerprint density at radius 1 is 1.47 bits per heavy atom. The molecule has 1 fully saturated rings. The Morgan fingerprint density at radius 3 is 3.13 bits per heavy atom. The standard InChI is InChI=1S/C12H15BrN2/c13-10-2-1-3-11-9(10)6-12-8(7-14)4-5-15(11)12/h1-3,8,12H,4-7,14H2. The molecule has 3 rings (SSSR count). The Labute approximate surface area is 98.6 Å². The summed E-state index contributed by atoms with van der Waals surface area (Å²) >= 11 is 3.64. The highest BCUT2D eigenvalue weighted by molar-refractivity contribution is 9.10. The van der Waals surface area contributed by atoms with E-state index in [1.807, 2.05) is 0 Å².